The minimum atomic E-state index is 0.439. The highest BCUT2D eigenvalue weighted by atomic mass is 79.9. The third kappa shape index (κ3) is 4.89. The van der Waals surface area contributed by atoms with E-state index in [-0.39, 0.29) is 0 Å². The lowest BCUT2D eigenvalue weighted by Gasteiger charge is -2.15. The van der Waals surface area contributed by atoms with E-state index in [0.717, 1.165) is 4.47 Å². The number of nitrogens with two attached hydrogens (primary N) is 1. The Bertz CT molecular complexity index is 304. The number of rotatable bonds is 7. The van der Waals surface area contributed by atoms with Crippen molar-refractivity contribution in [3.8, 4) is 0 Å². The molecule has 0 aromatic heterocycles. The van der Waals surface area contributed by atoms with Crippen LogP contribution in [0, 0.1) is 0 Å². The summed E-state index contributed by atoms with van der Waals surface area (Å²) in [6, 6.07) is 8.47. The molecular weight excluding hydrogens is 282 g/mol. The molecule has 0 aliphatic rings. The third-order valence-electron chi connectivity index (χ3n) is 2.50. The predicted molar refractivity (Wildman–Crippen MR) is 77.9 cm³/mol. The van der Waals surface area contributed by atoms with Crippen LogP contribution >= 0.6 is 27.7 Å². The van der Waals surface area contributed by atoms with E-state index in [0.29, 0.717) is 11.8 Å². The fourth-order valence-corrected chi connectivity index (χ4v) is 3.13. The highest BCUT2D eigenvalue weighted by Gasteiger charge is 2.09. The van der Waals surface area contributed by atoms with Crippen LogP contribution in [0.4, 0.5) is 0 Å². The van der Waals surface area contributed by atoms with Crippen molar-refractivity contribution in [3.05, 3.63) is 34.3 Å². The highest BCUT2D eigenvalue weighted by Crippen LogP contribution is 2.30. The second-order valence-electron chi connectivity index (χ2n) is 3.86. The molecule has 0 heterocycles. The van der Waals surface area contributed by atoms with Crippen molar-refractivity contribution in [3.63, 3.8) is 0 Å². The van der Waals surface area contributed by atoms with Gasteiger partial charge in [0, 0.05) is 16.3 Å². The first-order chi connectivity index (χ1) is 7.77. The van der Waals surface area contributed by atoms with Gasteiger partial charge in [0.1, 0.15) is 0 Å². The maximum atomic E-state index is 5.83. The summed E-state index contributed by atoms with van der Waals surface area (Å²) in [6.07, 6.45) is 3.90. The Kier molecular flexibility index (Phi) is 7.17. The van der Waals surface area contributed by atoms with Crippen LogP contribution in [0.2, 0.25) is 0 Å². The minimum absolute atomic E-state index is 0.439. The topological polar surface area (TPSA) is 26.0 Å². The minimum Gasteiger partial charge on any atom is -0.329 e. The summed E-state index contributed by atoms with van der Waals surface area (Å²) in [6.45, 7) is 2.95. The maximum absolute atomic E-state index is 5.83. The molecule has 1 unspecified atom stereocenters. The van der Waals surface area contributed by atoms with Crippen molar-refractivity contribution in [2.45, 2.75) is 31.4 Å². The molecule has 0 fully saturated rings. The van der Waals surface area contributed by atoms with Gasteiger partial charge in [-0.25, -0.2) is 0 Å². The van der Waals surface area contributed by atoms with E-state index in [4.69, 9.17) is 5.73 Å². The Morgan fingerprint density at radius 2 is 2.19 bits per heavy atom. The second-order valence-corrected chi connectivity index (χ2v) is 6.08. The number of halogens is 1. The molecule has 1 atom stereocenters. The second kappa shape index (κ2) is 8.15. The van der Waals surface area contributed by atoms with Crippen molar-refractivity contribution in [1.29, 1.82) is 0 Å². The first-order valence-corrected chi connectivity index (χ1v) is 7.69. The molecule has 0 bridgehead atoms. The highest BCUT2D eigenvalue weighted by molar-refractivity contribution is 9.10. The molecule has 0 spiro atoms. The van der Waals surface area contributed by atoms with E-state index in [9.17, 15) is 0 Å². The van der Waals surface area contributed by atoms with E-state index < -0.39 is 0 Å². The summed E-state index contributed by atoms with van der Waals surface area (Å²) in [5.74, 6) is 1.21. The molecule has 3 heteroatoms. The molecule has 1 nitrogen and oxygen atoms in total. The monoisotopic (exact) mass is 301 g/mol. The Morgan fingerprint density at radius 3 is 2.81 bits per heavy atom. The molecule has 1 rings (SSSR count). The van der Waals surface area contributed by atoms with Gasteiger partial charge in [0.2, 0.25) is 0 Å². The zero-order valence-electron chi connectivity index (χ0n) is 9.79. The van der Waals surface area contributed by atoms with Crippen LogP contribution in [0.25, 0.3) is 0 Å². The van der Waals surface area contributed by atoms with Gasteiger partial charge in [0.15, 0.2) is 0 Å². The standard InChI is InChI=1S/C13H20BrNS/c1-2-3-4-8-16-13(10-15)11-6-5-7-12(14)9-11/h5-7,9,13H,2-4,8,10,15H2,1H3. The van der Waals surface area contributed by atoms with Crippen molar-refractivity contribution in [2.24, 2.45) is 5.73 Å². The van der Waals surface area contributed by atoms with E-state index in [2.05, 4.69) is 47.1 Å². The lowest BCUT2D eigenvalue weighted by atomic mass is 10.1. The van der Waals surface area contributed by atoms with Crippen LogP contribution in [0.5, 0.6) is 0 Å². The molecule has 0 aliphatic carbocycles. The van der Waals surface area contributed by atoms with E-state index in [1.807, 2.05) is 11.8 Å². The van der Waals surface area contributed by atoms with Crippen molar-refractivity contribution in [1.82, 2.24) is 0 Å². The fraction of sp³-hybridized carbons (Fsp3) is 0.538. The fourth-order valence-electron chi connectivity index (χ4n) is 1.58. The Labute approximate surface area is 111 Å². The van der Waals surface area contributed by atoms with Gasteiger partial charge in [-0.2, -0.15) is 11.8 Å². The maximum Gasteiger partial charge on any atom is 0.0420 e. The molecule has 0 amide bonds. The Balaban J connectivity index is 2.47. The van der Waals surface area contributed by atoms with E-state index in [1.165, 1.54) is 30.6 Å². The van der Waals surface area contributed by atoms with E-state index in [1.54, 1.807) is 0 Å². The largest absolute Gasteiger partial charge is 0.329 e. The predicted octanol–water partition coefficient (Wildman–Crippen LogP) is 4.37. The van der Waals surface area contributed by atoms with Crippen LogP contribution in [-0.4, -0.2) is 12.3 Å². The zero-order chi connectivity index (χ0) is 11.8. The van der Waals surface area contributed by atoms with Crippen LogP contribution < -0.4 is 5.73 Å². The lowest BCUT2D eigenvalue weighted by molar-refractivity contribution is 0.776. The van der Waals surface area contributed by atoms with Crippen LogP contribution in [0.15, 0.2) is 28.7 Å². The molecule has 16 heavy (non-hydrogen) atoms. The quantitative estimate of drug-likeness (QED) is 0.757. The summed E-state index contributed by atoms with van der Waals surface area (Å²) in [4.78, 5) is 0. The number of hydrogen-bond donors (Lipinski definition) is 1. The molecule has 2 N–H and O–H groups in total. The Morgan fingerprint density at radius 1 is 1.38 bits per heavy atom. The summed E-state index contributed by atoms with van der Waals surface area (Å²) >= 11 is 5.48. The van der Waals surface area contributed by atoms with Gasteiger partial charge in [-0.1, -0.05) is 47.8 Å². The van der Waals surface area contributed by atoms with Gasteiger partial charge in [0.05, 0.1) is 0 Å². The molecule has 1 aromatic carbocycles. The molecule has 0 aliphatic heterocycles. The molecule has 1 aromatic rings. The third-order valence-corrected chi connectivity index (χ3v) is 4.39. The van der Waals surface area contributed by atoms with Gasteiger partial charge in [-0.15, -0.1) is 0 Å². The summed E-state index contributed by atoms with van der Waals surface area (Å²) < 4.78 is 1.14. The van der Waals surface area contributed by atoms with E-state index >= 15 is 0 Å². The first kappa shape index (κ1) is 14.1. The summed E-state index contributed by atoms with van der Waals surface area (Å²) in [7, 11) is 0. The normalized spacial score (nSPS) is 12.7. The van der Waals surface area contributed by atoms with Crippen LogP contribution in [0.3, 0.4) is 0 Å². The first-order valence-electron chi connectivity index (χ1n) is 5.85. The van der Waals surface area contributed by atoms with Crippen molar-refractivity contribution >= 4 is 27.7 Å². The average molecular weight is 302 g/mol. The lowest BCUT2D eigenvalue weighted by Crippen LogP contribution is -2.09. The molecule has 0 saturated heterocycles. The Hall–Kier alpha value is 0.01000. The molecule has 0 saturated carbocycles. The van der Waals surface area contributed by atoms with Crippen LogP contribution in [0.1, 0.15) is 37.0 Å². The smallest absolute Gasteiger partial charge is 0.0420 e. The average Bonchev–Trinajstić information content (AvgIpc) is 2.29. The van der Waals surface area contributed by atoms with Gasteiger partial charge in [-0.3, -0.25) is 0 Å². The summed E-state index contributed by atoms with van der Waals surface area (Å²) in [5, 5.41) is 0.439. The molecule has 90 valence electrons. The zero-order valence-corrected chi connectivity index (χ0v) is 12.2. The van der Waals surface area contributed by atoms with Gasteiger partial charge >= 0.3 is 0 Å². The number of unbranched alkanes of at least 4 members (excludes halogenated alkanes) is 2. The SMILES string of the molecule is CCCCCSC(CN)c1cccc(Br)c1. The van der Waals surface area contributed by atoms with Gasteiger partial charge in [0.25, 0.3) is 0 Å². The number of hydrogen-bond acceptors (Lipinski definition) is 2. The number of benzene rings is 1. The van der Waals surface area contributed by atoms with Crippen LogP contribution in [-0.2, 0) is 0 Å². The summed E-state index contributed by atoms with van der Waals surface area (Å²) in [5.41, 5.74) is 7.17. The molecular formula is C13H20BrNS. The number of thioether (sulfide) groups is 1. The van der Waals surface area contributed by atoms with Gasteiger partial charge in [-0.05, 0) is 29.9 Å². The van der Waals surface area contributed by atoms with Gasteiger partial charge < -0.3 is 5.73 Å². The van der Waals surface area contributed by atoms with Crippen molar-refractivity contribution in [2.75, 3.05) is 12.3 Å². The van der Waals surface area contributed by atoms with Crippen molar-refractivity contribution < 1.29 is 0 Å². The molecule has 0 radical (unpaired) electrons.